The number of piperidine rings is 1. The van der Waals surface area contributed by atoms with Crippen molar-refractivity contribution >= 4 is 34.0 Å². The van der Waals surface area contributed by atoms with Gasteiger partial charge in [-0.3, -0.25) is 20.2 Å². The molecular formula is C11H12N4O4S. The molecule has 3 amide bonds. The van der Waals surface area contributed by atoms with Crippen LogP contribution in [0.4, 0.5) is 15.5 Å². The van der Waals surface area contributed by atoms with E-state index in [9.17, 15) is 19.7 Å². The van der Waals surface area contributed by atoms with Crippen molar-refractivity contribution in [3.63, 3.8) is 0 Å². The molecule has 0 aromatic carbocycles. The smallest absolute Gasteiger partial charge is 0.322 e. The van der Waals surface area contributed by atoms with Crippen LogP contribution in [0.25, 0.3) is 0 Å². The van der Waals surface area contributed by atoms with Crippen molar-refractivity contribution in [2.24, 2.45) is 0 Å². The number of nitrogens with one attached hydrogen (secondary N) is 2. The van der Waals surface area contributed by atoms with Gasteiger partial charge in [0, 0.05) is 12.6 Å². The van der Waals surface area contributed by atoms with Gasteiger partial charge in [-0.2, -0.15) is 0 Å². The van der Waals surface area contributed by atoms with E-state index in [1.807, 2.05) is 0 Å². The fraction of sp³-hybridized carbons (Fsp3) is 0.455. The molecule has 9 heteroatoms. The first-order valence-corrected chi connectivity index (χ1v) is 7.00. The van der Waals surface area contributed by atoms with Crippen molar-refractivity contribution in [2.45, 2.75) is 18.4 Å². The van der Waals surface area contributed by atoms with Crippen LogP contribution in [0.5, 0.6) is 0 Å². The van der Waals surface area contributed by atoms with Crippen molar-refractivity contribution < 1.29 is 14.5 Å². The quantitative estimate of drug-likeness (QED) is 0.478. The first-order chi connectivity index (χ1) is 9.52. The van der Waals surface area contributed by atoms with E-state index in [4.69, 9.17) is 0 Å². The summed E-state index contributed by atoms with van der Waals surface area (Å²) < 4.78 is 0. The highest BCUT2D eigenvalue weighted by Crippen LogP contribution is 2.37. The Labute approximate surface area is 117 Å². The summed E-state index contributed by atoms with van der Waals surface area (Å²) in [7, 11) is 0. The zero-order chi connectivity index (χ0) is 14.3. The van der Waals surface area contributed by atoms with Gasteiger partial charge in [0.25, 0.3) is 5.91 Å². The lowest BCUT2D eigenvalue weighted by Gasteiger charge is -2.38. The number of amides is 3. The minimum Gasteiger partial charge on any atom is -0.355 e. The molecule has 0 saturated carbocycles. The molecule has 106 valence electrons. The molecule has 3 rings (SSSR count). The third-order valence-electron chi connectivity index (χ3n) is 3.62. The fourth-order valence-electron chi connectivity index (χ4n) is 2.71. The van der Waals surface area contributed by atoms with Gasteiger partial charge < -0.3 is 10.2 Å². The highest BCUT2D eigenvalue weighted by Gasteiger charge is 2.49. The predicted molar refractivity (Wildman–Crippen MR) is 71.8 cm³/mol. The third kappa shape index (κ3) is 1.90. The lowest BCUT2D eigenvalue weighted by Crippen LogP contribution is -2.58. The van der Waals surface area contributed by atoms with Crippen molar-refractivity contribution in [3.05, 3.63) is 21.6 Å². The van der Waals surface area contributed by atoms with Crippen LogP contribution in [0.15, 0.2) is 11.4 Å². The van der Waals surface area contributed by atoms with Gasteiger partial charge in [-0.05, 0) is 18.2 Å². The molecule has 1 aromatic rings. The summed E-state index contributed by atoms with van der Waals surface area (Å²) in [6.07, 6.45) is 1.23. The van der Waals surface area contributed by atoms with Crippen LogP contribution in [-0.4, -0.2) is 35.5 Å². The lowest BCUT2D eigenvalue weighted by molar-refractivity contribution is -0.383. The van der Waals surface area contributed by atoms with E-state index in [0.717, 1.165) is 0 Å². The minimum absolute atomic E-state index is 0.0387. The van der Waals surface area contributed by atoms with Crippen LogP contribution in [-0.2, 0) is 4.79 Å². The van der Waals surface area contributed by atoms with E-state index in [1.165, 1.54) is 17.4 Å². The molecule has 1 atom stereocenters. The van der Waals surface area contributed by atoms with Crippen molar-refractivity contribution in [2.75, 3.05) is 18.0 Å². The average molecular weight is 296 g/mol. The molecule has 3 heterocycles. The molecule has 20 heavy (non-hydrogen) atoms. The summed E-state index contributed by atoms with van der Waals surface area (Å²) in [6, 6.07) is 0.951. The third-order valence-corrected chi connectivity index (χ3v) is 4.58. The Kier molecular flexibility index (Phi) is 2.85. The maximum Gasteiger partial charge on any atom is 0.322 e. The van der Waals surface area contributed by atoms with E-state index in [-0.39, 0.29) is 18.1 Å². The molecule has 2 fully saturated rings. The topological polar surface area (TPSA) is 105 Å². The van der Waals surface area contributed by atoms with E-state index < -0.39 is 16.5 Å². The molecular weight excluding hydrogens is 284 g/mol. The van der Waals surface area contributed by atoms with Crippen LogP contribution in [0, 0.1) is 10.1 Å². The highest BCUT2D eigenvalue weighted by atomic mass is 32.1. The number of nitro groups is 1. The zero-order valence-corrected chi connectivity index (χ0v) is 11.2. The number of carbonyl (C=O) groups is 2. The molecule has 2 saturated heterocycles. The number of urea groups is 1. The van der Waals surface area contributed by atoms with Crippen molar-refractivity contribution in [1.82, 2.24) is 10.6 Å². The van der Waals surface area contributed by atoms with Crippen LogP contribution in [0.2, 0.25) is 0 Å². The number of nitrogens with zero attached hydrogens (tertiary/aromatic N) is 2. The van der Waals surface area contributed by atoms with Gasteiger partial charge in [0.05, 0.1) is 11.5 Å². The Bertz CT molecular complexity index is 601. The Morgan fingerprint density at radius 3 is 2.90 bits per heavy atom. The Morgan fingerprint density at radius 2 is 2.25 bits per heavy atom. The SMILES string of the molecule is O=C1NC(=O)C2(CCCN(c3sccc3[N+](=O)[O-])C2)N1. The molecule has 1 unspecified atom stereocenters. The monoisotopic (exact) mass is 296 g/mol. The maximum absolute atomic E-state index is 11.9. The molecule has 0 bridgehead atoms. The summed E-state index contributed by atoms with van der Waals surface area (Å²) in [4.78, 5) is 35.6. The van der Waals surface area contributed by atoms with Gasteiger partial charge in [-0.15, -0.1) is 11.3 Å². The van der Waals surface area contributed by atoms with E-state index in [1.54, 1.807) is 10.3 Å². The van der Waals surface area contributed by atoms with Gasteiger partial charge in [-0.25, -0.2) is 4.79 Å². The summed E-state index contributed by atoms with van der Waals surface area (Å²) in [6.45, 7) is 0.887. The Morgan fingerprint density at radius 1 is 1.45 bits per heavy atom. The second kappa shape index (κ2) is 4.44. The second-order valence-electron chi connectivity index (χ2n) is 4.88. The maximum atomic E-state index is 11.9. The zero-order valence-electron chi connectivity index (χ0n) is 10.4. The van der Waals surface area contributed by atoms with Crippen LogP contribution in [0.1, 0.15) is 12.8 Å². The van der Waals surface area contributed by atoms with Crippen LogP contribution in [0.3, 0.4) is 0 Å². The van der Waals surface area contributed by atoms with E-state index >= 15 is 0 Å². The normalized spacial score (nSPS) is 25.7. The summed E-state index contributed by atoms with van der Waals surface area (Å²) in [5.41, 5.74) is -0.926. The number of thiophene rings is 1. The first kappa shape index (κ1) is 12.9. The molecule has 0 aliphatic carbocycles. The molecule has 1 aromatic heterocycles. The number of hydrogen-bond acceptors (Lipinski definition) is 6. The van der Waals surface area contributed by atoms with E-state index in [0.29, 0.717) is 24.4 Å². The lowest BCUT2D eigenvalue weighted by atomic mass is 9.89. The molecule has 2 aliphatic rings. The summed E-state index contributed by atoms with van der Waals surface area (Å²) >= 11 is 1.27. The molecule has 2 N–H and O–H groups in total. The molecule has 2 aliphatic heterocycles. The minimum atomic E-state index is -0.965. The van der Waals surface area contributed by atoms with Gasteiger partial charge in [0.15, 0.2) is 5.00 Å². The van der Waals surface area contributed by atoms with Crippen LogP contribution < -0.4 is 15.5 Å². The standard InChI is InChI=1S/C11H12N4O4S/c16-9-11(13-10(17)12-9)3-1-4-14(6-11)8-7(15(18)19)2-5-20-8/h2,5H,1,3-4,6H2,(H2,12,13,16,17). The highest BCUT2D eigenvalue weighted by molar-refractivity contribution is 7.14. The number of imide groups is 1. The van der Waals surface area contributed by atoms with Gasteiger partial charge in [0.1, 0.15) is 5.54 Å². The summed E-state index contributed by atoms with van der Waals surface area (Å²) in [5, 5.41) is 18.1. The number of hydrogen-bond donors (Lipinski definition) is 2. The fourth-order valence-corrected chi connectivity index (χ4v) is 3.61. The van der Waals surface area contributed by atoms with Crippen molar-refractivity contribution in [1.29, 1.82) is 0 Å². The molecule has 0 radical (unpaired) electrons. The van der Waals surface area contributed by atoms with Gasteiger partial charge in [0.2, 0.25) is 0 Å². The molecule has 8 nitrogen and oxygen atoms in total. The predicted octanol–water partition coefficient (Wildman–Crippen LogP) is 0.835. The number of anilines is 1. The molecule has 1 spiro atoms. The number of carbonyl (C=O) groups excluding carboxylic acids is 2. The van der Waals surface area contributed by atoms with Crippen molar-refractivity contribution in [3.8, 4) is 0 Å². The average Bonchev–Trinajstić information content (AvgIpc) is 2.96. The van der Waals surface area contributed by atoms with Crippen LogP contribution >= 0.6 is 11.3 Å². The second-order valence-corrected chi connectivity index (χ2v) is 5.78. The van der Waals surface area contributed by atoms with E-state index in [2.05, 4.69) is 10.6 Å². The van der Waals surface area contributed by atoms with Gasteiger partial charge in [-0.1, -0.05) is 0 Å². The van der Waals surface area contributed by atoms with Gasteiger partial charge >= 0.3 is 11.7 Å². The Hall–Kier alpha value is -2.16. The Balaban J connectivity index is 1.89. The largest absolute Gasteiger partial charge is 0.355 e. The first-order valence-electron chi connectivity index (χ1n) is 6.12. The summed E-state index contributed by atoms with van der Waals surface area (Å²) in [5.74, 6) is -0.355. The number of rotatable bonds is 2.